The molecule has 0 amide bonds. The molecule has 0 aliphatic rings. The molecule has 6 heteroatoms. The van der Waals surface area contributed by atoms with E-state index < -0.39 is 10.0 Å². The minimum Gasteiger partial charge on any atom is -0.207 e. The summed E-state index contributed by atoms with van der Waals surface area (Å²) in [6.45, 7) is 3.44. The highest BCUT2D eigenvalue weighted by Crippen LogP contribution is 2.12. The highest BCUT2D eigenvalue weighted by Gasteiger charge is 2.12. The first-order chi connectivity index (χ1) is 7.45. The zero-order valence-corrected chi connectivity index (χ0v) is 11.6. The van der Waals surface area contributed by atoms with E-state index in [-0.39, 0.29) is 16.5 Å². The number of sulfonamides is 1. The average Bonchev–Trinajstić information content (AvgIpc) is 2.27. The summed E-state index contributed by atoms with van der Waals surface area (Å²) in [5.41, 5.74) is 1.01. The number of alkyl halides is 1. The predicted molar refractivity (Wildman–Crippen MR) is 69.3 cm³/mol. The normalized spacial score (nSPS) is 11.4. The zero-order valence-electron chi connectivity index (χ0n) is 8.41. The quantitative estimate of drug-likeness (QED) is 0.846. The predicted octanol–water partition coefficient (Wildman–Crippen LogP) is 2.61. The van der Waals surface area contributed by atoms with Crippen LogP contribution in [-0.4, -0.2) is 15.0 Å². The minimum absolute atomic E-state index is 0.0318. The Hall–Kier alpha value is -0.360. The lowest BCUT2D eigenvalue weighted by Gasteiger charge is -2.06. The van der Waals surface area contributed by atoms with Gasteiger partial charge in [-0.1, -0.05) is 46.2 Å². The van der Waals surface area contributed by atoms with Crippen LogP contribution in [0.4, 0.5) is 0 Å². The summed E-state index contributed by atoms with van der Waals surface area (Å²) in [5.74, 6) is 0. The molecule has 3 nitrogen and oxygen atoms in total. The van der Waals surface area contributed by atoms with Crippen LogP contribution in [0.3, 0.4) is 0 Å². The number of nitrogens with one attached hydrogen (secondary N) is 1. The molecule has 0 atom stereocenters. The van der Waals surface area contributed by atoms with Crippen molar-refractivity contribution in [3.05, 3.63) is 41.4 Å². The fraction of sp³-hybridized carbons (Fsp3) is 0.200. The van der Waals surface area contributed by atoms with Gasteiger partial charge >= 0.3 is 0 Å². The van der Waals surface area contributed by atoms with E-state index >= 15 is 0 Å². The molecule has 88 valence electrons. The lowest BCUT2D eigenvalue weighted by Crippen LogP contribution is -2.24. The van der Waals surface area contributed by atoms with Crippen LogP contribution in [0.5, 0.6) is 0 Å². The van der Waals surface area contributed by atoms with Crippen LogP contribution in [0.1, 0.15) is 5.56 Å². The highest BCUT2D eigenvalue weighted by atomic mass is 79.9. The van der Waals surface area contributed by atoms with Gasteiger partial charge in [0.1, 0.15) is 0 Å². The molecule has 0 heterocycles. The van der Waals surface area contributed by atoms with Gasteiger partial charge in [0.25, 0.3) is 0 Å². The van der Waals surface area contributed by atoms with Gasteiger partial charge in [-0.25, -0.2) is 13.1 Å². The lowest BCUT2D eigenvalue weighted by molar-refractivity contribution is 0.585. The third-order valence-corrected chi connectivity index (χ3v) is 4.04. The maximum atomic E-state index is 11.7. The minimum atomic E-state index is -3.49. The van der Waals surface area contributed by atoms with Crippen molar-refractivity contribution in [2.24, 2.45) is 0 Å². The van der Waals surface area contributed by atoms with E-state index in [1.807, 2.05) is 0 Å². The monoisotopic (exact) mass is 323 g/mol. The Balaban J connectivity index is 2.85. The van der Waals surface area contributed by atoms with Gasteiger partial charge in [0, 0.05) is 16.9 Å². The first-order valence-electron chi connectivity index (χ1n) is 4.43. The number of halogens is 2. The molecule has 0 aliphatic heterocycles. The van der Waals surface area contributed by atoms with E-state index in [1.165, 1.54) is 0 Å². The van der Waals surface area contributed by atoms with Crippen molar-refractivity contribution in [2.75, 3.05) is 6.54 Å². The molecule has 1 rings (SSSR count). The summed E-state index contributed by atoms with van der Waals surface area (Å²) in [4.78, 5) is 0.218. The van der Waals surface area contributed by atoms with Crippen molar-refractivity contribution in [2.45, 2.75) is 10.2 Å². The zero-order chi connectivity index (χ0) is 12.2. The maximum Gasteiger partial charge on any atom is 0.240 e. The Morgan fingerprint density at radius 1 is 1.38 bits per heavy atom. The summed E-state index contributed by atoms with van der Waals surface area (Å²) in [5, 5.41) is 0.944. The number of hydrogen-bond donors (Lipinski definition) is 1. The van der Waals surface area contributed by atoms with Crippen molar-refractivity contribution in [1.82, 2.24) is 4.72 Å². The summed E-state index contributed by atoms with van der Waals surface area (Å²) < 4.78 is 25.8. The van der Waals surface area contributed by atoms with Gasteiger partial charge in [0.15, 0.2) is 0 Å². The third-order valence-electron chi connectivity index (χ3n) is 1.84. The Morgan fingerprint density at radius 2 is 1.94 bits per heavy atom. The Bertz CT molecular complexity index is 470. The van der Waals surface area contributed by atoms with E-state index in [0.717, 1.165) is 5.56 Å². The number of hydrogen-bond acceptors (Lipinski definition) is 2. The first kappa shape index (κ1) is 13.7. The number of rotatable bonds is 5. The first-order valence-corrected chi connectivity index (χ1v) is 7.42. The number of benzene rings is 1. The SMILES string of the molecule is C=C(Cl)CNS(=O)(=O)c1ccc(CBr)cc1. The van der Waals surface area contributed by atoms with Gasteiger partial charge < -0.3 is 0 Å². The fourth-order valence-corrected chi connectivity index (χ4v) is 2.56. The van der Waals surface area contributed by atoms with Gasteiger partial charge in [-0.15, -0.1) is 0 Å². The van der Waals surface area contributed by atoms with Crippen LogP contribution in [0.15, 0.2) is 40.8 Å². The summed E-state index contributed by atoms with van der Waals surface area (Å²) in [6, 6.07) is 6.60. The standard InChI is InChI=1S/C10H11BrClNO2S/c1-8(12)7-13-16(14,15)10-4-2-9(6-11)3-5-10/h2-5,13H,1,6-7H2. The molecular weight excluding hydrogens is 314 g/mol. The molecule has 0 saturated heterocycles. The molecule has 0 aliphatic carbocycles. The maximum absolute atomic E-state index is 11.7. The molecule has 1 aromatic rings. The molecule has 0 radical (unpaired) electrons. The van der Waals surface area contributed by atoms with Gasteiger partial charge in [-0.05, 0) is 17.7 Å². The molecule has 1 aromatic carbocycles. The van der Waals surface area contributed by atoms with Crippen molar-refractivity contribution in [3.63, 3.8) is 0 Å². The van der Waals surface area contributed by atoms with Crippen LogP contribution in [0.2, 0.25) is 0 Å². The van der Waals surface area contributed by atoms with Gasteiger partial charge in [0.2, 0.25) is 10.0 Å². The van der Waals surface area contributed by atoms with Crippen LogP contribution >= 0.6 is 27.5 Å². The van der Waals surface area contributed by atoms with Crippen molar-refractivity contribution in [1.29, 1.82) is 0 Å². The van der Waals surface area contributed by atoms with Crippen LogP contribution < -0.4 is 4.72 Å². The second kappa shape index (κ2) is 5.82. The molecule has 0 spiro atoms. The summed E-state index contributed by atoms with van der Waals surface area (Å²) in [7, 11) is -3.49. The lowest BCUT2D eigenvalue weighted by atomic mass is 10.2. The average molecular weight is 325 g/mol. The van der Waals surface area contributed by atoms with E-state index in [9.17, 15) is 8.42 Å². The Labute approximate surface area is 109 Å². The van der Waals surface area contributed by atoms with E-state index in [1.54, 1.807) is 24.3 Å². The van der Waals surface area contributed by atoms with Crippen molar-refractivity contribution >= 4 is 37.6 Å². The largest absolute Gasteiger partial charge is 0.240 e. The molecule has 0 fully saturated rings. The molecule has 1 N–H and O–H groups in total. The molecule has 0 unspecified atom stereocenters. The van der Waals surface area contributed by atoms with Gasteiger partial charge in [-0.2, -0.15) is 0 Å². The highest BCUT2D eigenvalue weighted by molar-refractivity contribution is 9.08. The van der Waals surface area contributed by atoms with Gasteiger partial charge in [-0.3, -0.25) is 0 Å². The third kappa shape index (κ3) is 3.90. The van der Waals surface area contributed by atoms with Crippen LogP contribution in [0, 0.1) is 0 Å². The van der Waals surface area contributed by atoms with E-state index in [0.29, 0.717) is 5.33 Å². The van der Waals surface area contributed by atoms with E-state index in [4.69, 9.17) is 11.6 Å². The molecule has 16 heavy (non-hydrogen) atoms. The second-order valence-electron chi connectivity index (χ2n) is 3.12. The second-order valence-corrected chi connectivity index (χ2v) is 5.98. The fourth-order valence-electron chi connectivity index (χ4n) is 1.01. The Morgan fingerprint density at radius 3 is 2.38 bits per heavy atom. The van der Waals surface area contributed by atoms with Crippen molar-refractivity contribution < 1.29 is 8.42 Å². The van der Waals surface area contributed by atoms with Crippen molar-refractivity contribution in [3.8, 4) is 0 Å². The topological polar surface area (TPSA) is 46.2 Å². The molecule has 0 aromatic heterocycles. The van der Waals surface area contributed by atoms with E-state index in [2.05, 4.69) is 27.2 Å². The molecule has 0 bridgehead atoms. The smallest absolute Gasteiger partial charge is 0.207 e. The van der Waals surface area contributed by atoms with Crippen LogP contribution in [-0.2, 0) is 15.4 Å². The van der Waals surface area contributed by atoms with Gasteiger partial charge in [0.05, 0.1) is 4.90 Å². The molecular formula is C10H11BrClNO2S. The van der Waals surface area contributed by atoms with Crippen LogP contribution in [0.25, 0.3) is 0 Å². The summed E-state index contributed by atoms with van der Waals surface area (Å²) in [6.07, 6.45) is 0. The summed E-state index contributed by atoms with van der Waals surface area (Å²) >= 11 is 8.78. The Kier molecular flexibility index (Phi) is 4.98. The molecule has 0 saturated carbocycles.